The van der Waals surface area contributed by atoms with Gasteiger partial charge in [0.15, 0.2) is 0 Å². The number of nitrogens with one attached hydrogen (secondary N) is 1. The van der Waals surface area contributed by atoms with Crippen LogP contribution in [0, 0.1) is 0 Å². The van der Waals surface area contributed by atoms with Gasteiger partial charge >= 0.3 is 6.03 Å². The van der Waals surface area contributed by atoms with Gasteiger partial charge in [0.2, 0.25) is 0 Å². The van der Waals surface area contributed by atoms with Gasteiger partial charge in [-0.1, -0.05) is 18.2 Å². The van der Waals surface area contributed by atoms with Gasteiger partial charge in [0.25, 0.3) is 0 Å². The number of likely N-dealkylation sites (N-methyl/N-ethyl adjacent to an activating group) is 1. The van der Waals surface area contributed by atoms with E-state index in [2.05, 4.69) is 5.32 Å². The van der Waals surface area contributed by atoms with Crippen LogP contribution in [0.15, 0.2) is 30.3 Å². The van der Waals surface area contributed by atoms with Gasteiger partial charge in [-0.05, 0) is 32.9 Å². The topological polar surface area (TPSA) is 61.8 Å². The standard InChI is InChI=1S/C15H24N2O3/c1-4-17(12-15(2,3)19)14(18)16-10-11-20-13-8-6-5-7-9-13/h5-9,19H,4,10-12H2,1-3H3,(H,16,18). The number of rotatable bonds is 7. The van der Waals surface area contributed by atoms with Crippen LogP contribution in [0.25, 0.3) is 0 Å². The van der Waals surface area contributed by atoms with E-state index in [1.54, 1.807) is 18.7 Å². The quantitative estimate of drug-likeness (QED) is 0.750. The zero-order chi connectivity index (χ0) is 15.0. The van der Waals surface area contributed by atoms with Crippen LogP contribution >= 0.6 is 0 Å². The molecule has 5 heteroatoms. The molecule has 112 valence electrons. The molecule has 0 aliphatic heterocycles. The van der Waals surface area contributed by atoms with Crippen molar-refractivity contribution in [1.29, 1.82) is 0 Å². The lowest BCUT2D eigenvalue weighted by Crippen LogP contribution is -2.47. The average molecular weight is 280 g/mol. The number of hydrogen-bond acceptors (Lipinski definition) is 3. The number of amides is 2. The summed E-state index contributed by atoms with van der Waals surface area (Å²) in [5, 5.41) is 12.5. The molecule has 0 saturated heterocycles. The minimum Gasteiger partial charge on any atom is -0.492 e. The second kappa shape index (κ2) is 7.75. The summed E-state index contributed by atoms with van der Waals surface area (Å²) in [5.74, 6) is 0.783. The van der Waals surface area contributed by atoms with Crippen molar-refractivity contribution in [3.63, 3.8) is 0 Å². The van der Waals surface area contributed by atoms with Crippen molar-refractivity contribution in [2.45, 2.75) is 26.4 Å². The number of carbonyl (C=O) groups is 1. The fourth-order valence-corrected chi connectivity index (χ4v) is 1.75. The summed E-state index contributed by atoms with van der Waals surface area (Å²) in [6.07, 6.45) is 0. The van der Waals surface area contributed by atoms with Gasteiger partial charge in [0.05, 0.1) is 18.7 Å². The minimum atomic E-state index is -0.895. The highest BCUT2D eigenvalue weighted by Crippen LogP contribution is 2.07. The predicted octanol–water partition coefficient (Wildman–Crippen LogP) is 1.87. The van der Waals surface area contributed by atoms with E-state index in [9.17, 15) is 9.90 Å². The van der Waals surface area contributed by atoms with Crippen molar-refractivity contribution in [1.82, 2.24) is 10.2 Å². The Morgan fingerprint density at radius 3 is 2.55 bits per heavy atom. The Kier molecular flexibility index (Phi) is 6.31. The highest BCUT2D eigenvalue weighted by atomic mass is 16.5. The number of ether oxygens (including phenoxy) is 1. The Bertz CT molecular complexity index is 401. The Hall–Kier alpha value is -1.75. The summed E-state index contributed by atoms with van der Waals surface area (Å²) < 4.78 is 5.49. The van der Waals surface area contributed by atoms with E-state index in [0.717, 1.165) is 5.75 Å². The fraction of sp³-hybridized carbons (Fsp3) is 0.533. The molecule has 20 heavy (non-hydrogen) atoms. The molecule has 2 amide bonds. The van der Waals surface area contributed by atoms with E-state index in [-0.39, 0.29) is 6.03 Å². The molecule has 0 bridgehead atoms. The number of benzene rings is 1. The van der Waals surface area contributed by atoms with E-state index in [1.165, 1.54) is 0 Å². The zero-order valence-electron chi connectivity index (χ0n) is 12.4. The lowest BCUT2D eigenvalue weighted by atomic mass is 10.1. The third-order valence-corrected chi connectivity index (χ3v) is 2.64. The molecule has 1 rings (SSSR count). The molecule has 1 aromatic carbocycles. The Balaban J connectivity index is 2.28. The Morgan fingerprint density at radius 2 is 2.00 bits per heavy atom. The highest BCUT2D eigenvalue weighted by Gasteiger charge is 2.20. The van der Waals surface area contributed by atoms with Crippen molar-refractivity contribution in [2.75, 3.05) is 26.2 Å². The maximum atomic E-state index is 11.9. The molecule has 1 aromatic rings. The molecule has 0 saturated carbocycles. The SMILES string of the molecule is CCN(CC(C)(C)O)C(=O)NCCOc1ccccc1. The summed E-state index contributed by atoms with van der Waals surface area (Å²) in [4.78, 5) is 13.5. The van der Waals surface area contributed by atoms with E-state index in [4.69, 9.17) is 4.74 Å². The first-order valence-corrected chi connectivity index (χ1v) is 6.85. The largest absolute Gasteiger partial charge is 0.492 e. The maximum absolute atomic E-state index is 11.9. The molecule has 5 nitrogen and oxygen atoms in total. The summed E-state index contributed by atoms with van der Waals surface area (Å²) in [6.45, 7) is 6.94. The molecule has 0 atom stereocenters. The van der Waals surface area contributed by atoms with Gasteiger partial charge in [-0.3, -0.25) is 0 Å². The average Bonchev–Trinajstić information content (AvgIpc) is 2.41. The highest BCUT2D eigenvalue weighted by molar-refractivity contribution is 5.74. The molecule has 0 aromatic heterocycles. The summed E-state index contributed by atoms with van der Waals surface area (Å²) in [5.41, 5.74) is -0.895. The van der Waals surface area contributed by atoms with Gasteiger partial charge in [-0.2, -0.15) is 0 Å². The van der Waals surface area contributed by atoms with Crippen LogP contribution in [0.4, 0.5) is 4.79 Å². The minimum absolute atomic E-state index is 0.189. The number of para-hydroxylation sites is 1. The van der Waals surface area contributed by atoms with E-state index >= 15 is 0 Å². The normalized spacial score (nSPS) is 11.0. The monoisotopic (exact) mass is 280 g/mol. The smallest absolute Gasteiger partial charge is 0.317 e. The fourth-order valence-electron chi connectivity index (χ4n) is 1.75. The molecule has 0 spiro atoms. The van der Waals surface area contributed by atoms with Crippen LogP contribution in [0.5, 0.6) is 5.75 Å². The second-order valence-electron chi connectivity index (χ2n) is 5.22. The first-order valence-electron chi connectivity index (χ1n) is 6.85. The van der Waals surface area contributed by atoms with Crippen molar-refractivity contribution >= 4 is 6.03 Å². The molecular weight excluding hydrogens is 256 g/mol. The van der Waals surface area contributed by atoms with E-state index < -0.39 is 5.60 Å². The second-order valence-corrected chi connectivity index (χ2v) is 5.22. The van der Waals surface area contributed by atoms with E-state index in [1.807, 2.05) is 37.3 Å². The van der Waals surface area contributed by atoms with Gasteiger partial charge in [0, 0.05) is 6.54 Å². The van der Waals surface area contributed by atoms with Gasteiger partial charge in [-0.15, -0.1) is 0 Å². The Morgan fingerprint density at radius 1 is 1.35 bits per heavy atom. The molecule has 0 heterocycles. The van der Waals surface area contributed by atoms with Crippen molar-refractivity contribution in [2.24, 2.45) is 0 Å². The number of carbonyl (C=O) groups excluding carboxylic acids is 1. The van der Waals surface area contributed by atoms with Crippen LogP contribution < -0.4 is 10.1 Å². The molecule has 0 fully saturated rings. The number of nitrogens with zero attached hydrogens (tertiary/aromatic N) is 1. The summed E-state index contributed by atoms with van der Waals surface area (Å²) in [7, 11) is 0. The third-order valence-electron chi connectivity index (χ3n) is 2.64. The van der Waals surface area contributed by atoms with Gasteiger partial charge in [0.1, 0.15) is 12.4 Å². The number of hydrogen-bond donors (Lipinski definition) is 2. The van der Waals surface area contributed by atoms with Crippen LogP contribution in [0.1, 0.15) is 20.8 Å². The Labute approximate surface area is 120 Å². The van der Waals surface area contributed by atoms with Crippen LogP contribution in [0.3, 0.4) is 0 Å². The number of urea groups is 1. The van der Waals surface area contributed by atoms with Crippen LogP contribution in [0.2, 0.25) is 0 Å². The lowest BCUT2D eigenvalue weighted by molar-refractivity contribution is 0.0479. The van der Waals surface area contributed by atoms with Crippen molar-refractivity contribution in [3.05, 3.63) is 30.3 Å². The molecular formula is C15H24N2O3. The molecule has 0 aliphatic rings. The molecule has 0 aliphatic carbocycles. The van der Waals surface area contributed by atoms with Crippen molar-refractivity contribution in [3.8, 4) is 5.75 Å². The maximum Gasteiger partial charge on any atom is 0.317 e. The molecule has 0 radical (unpaired) electrons. The van der Waals surface area contributed by atoms with Crippen LogP contribution in [-0.4, -0.2) is 47.9 Å². The first kappa shape index (κ1) is 16.3. The predicted molar refractivity (Wildman–Crippen MR) is 78.9 cm³/mol. The zero-order valence-corrected chi connectivity index (χ0v) is 12.4. The van der Waals surface area contributed by atoms with Gasteiger partial charge < -0.3 is 20.1 Å². The molecule has 0 unspecified atom stereocenters. The third kappa shape index (κ3) is 6.43. The molecule has 2 N–H and O–H groups in total. The van der Waals surface area contributed by atoms with E-state index in [0.29, 0.717) is 26.2 Å². The first-order chi connectivity index (χ1) is 9.42. The van der Waals surface area contributed by atoms with Crippen LogP contribution in [-0.2, 0) is 0 Å². The number of aliphatic hydroxyl groups is 1. The van der Waals surface area contributed by atoms with Crippen molar-refractivity contribution < 1.29 is 14.6 Å². The summed E-state index contributed by atoms with van der Waals surface area (Å²) >= 11 is 0. The lowest BCUT2D eigenvalue weighted by Gasteiger charge is -2.28. The summed E-state index contributed by atoms with van der Waals surface area (Å²) in [6, 6.07) is 9.27. The van der Waals surface area contributed by atoms with Gasteiger partial charge in [-0.25, -0.2) is 4.79 Å².